The van der Waals surface area contributed by atoms with Gasteiger partial charge in [-0.25, -0.2) is 9.59 Å². The molecule has 2 aliphatic heterocycles. The summed E-state index contributed by atoms with van der Waals surface area (Å²) < 4.78 is 27.7. The first-order chi connectivity index (χ1) is 28.2. The number of halogens is 2. The standard InChI is InChI=1S/C21H22ClN3O4S.C19H22ClN3O4S/c22-16-1-2-19(18(11-16)20-3-7-24-29-20)27-10-6-15-4-8-25(9-5-15)21(26)28-13-17-12-23-14-30-17;20-14-1-2-17(16(9-14)18(21)24)26-8-5-13-3-6-23(7-4-13)19(25)27-11-15-10-22-12-28-15/h1-3,7,11-12,14-15H,4-6,8-10,13H2;1-2,9-10,12-13H,3-8,11H2,(H2,21,24). The van der Waals surface area contributed by atoms with Gasteiger partial charge in [0.15, 0.2) is 5.76 Å². The molecule has 2 aromatic carbocycles. The first kappa shape index (κ1) is 42.7. The van der Waals surface area contributed by atoms with E-state index in [0.717, 1.165) is 59.6 Å². The van der Waals surface area contributed by atoms with Crippen LogP contribution in [-0.2, 0) is 22.7 Å². The van der Waals surface area contributed by atoms with E-state index in [9.17, 15) is 14.4 Å². The fraction of sp³-hybridized carbons (Fsp3) is 0.400. The molecule has 14 nitrogen and oxygen atoms in total. The molecule has 18 heteroatoms. The normalized spacial score (nSPS) is 14.7. The lowest BCUT2D eigenvalue weighted by molar-refractivity contribution is 0.0799. The number of aromatic nitrogens is 3. The average molecular weight is 872 g/mol. The highest BCUT2D eigenvalue weighted by molar-refractivity contribution is 7.09. The Morgan fingerprint density at radius 2 is 1.26 bits per heavy atom. The van der Waals surface area contributed by atoms with Crippen LogP contribution in [0.1, 0.15) is 58.6 Å². The Morgan fingerprint density at radius 3 is 1.74 bits per heavy atom. The number of primary amides is 1. The second kappa shape index (κ2) is 21.7. The third kappa shape index (κ3) is 12.8. The molecule has 2 fully saturated rings. The number of carbonyl (C=O) groups is 3. The predicted octanol–water partition coefficient (Wildman–Crippen LogP) is 8.98. The van der Waals surface area contributed by atoms with Crippen LogP contribution in [0.15, 0.2) is 76.6 Å². The number of hydrogen-bond donors (Lipinski definition) is 1. The summed E-state index contributed by atoms with van der Waals surface area (Å²) in [6.07, 6.45) is 9.90. The predicted molar refractivity (Wildman–Crippen MR) is 220 cm³/mol. The Kier molecular flexibility index (Phi) is 16.0. The molecular formula is C40H44Cl2N6O8S2. The summed E-state index contributed by atoms with van der Waals surface area (Å²) >= 11 is 15.0. The molecule has 308 valence electrons. The number of ether oxygens (including phenoxy) is 4. The van der Waals surface area contributed by atoms with Crippen LogP contribution < -0.4 is 15.2 Å². The van der Waals surface area contributed by atoms with Gasteiger partial charge in [-0.15, -0.1) is 22.7 Å². The van der Waals surface area contributed by atoms with Crippen molar-refractivity contribution < 1.29 is 37.9 Å². The van der Waals surface area contributed by atoms with E-state index < -0.39 is 5.91 Å². The molecule has 3 aromatic heterocycles. The molecule has 2 aliphatic rings. The van der Waals surface area contributed by atoms with E-state index in [1.54, 1.807) is 63.7 Å². The van der Waals surface area contributed by atoms with Gasteiger partial charge in [-0.3, -0.25) is 14.8 Å². The Balaban J connectivity index is 0.000000196. The van der Waals surface area contributed by atoms with E-state index in [4.69, 9.17) is 52.4 Å². The third-order valence-corrected chi connectivity index (χ3v) is 11.8. The largest absolute Gasteiger partial charge is 0.493 e. The van der Waals surface area contributed by atoms with Crippen molar-refractivity contribution in [2.45, 2.75) is 51.7 Å². The topological polar surface area (TPSA) is 172 Å². The lowest BCUT2D eigenvalue weighted by atomic mass is 9.94. The number of rotatable bonds is 14. The summed E-state index contributed by atoms with van der Waals surface area (Å²) in [7, 11) is 0. The maximum absolute atomic E-state index is 12.2. The van der Waals surface area contributed by atoms with Crippen LogP contribution in [0.3, 0.4) is 0 Å². The van der Waals surface area contributed by atoms with Crippen LogP contribution in [0.5, 0.6) is 11.5 Å². The maximum Gasteiger partial charge on any atom is 0.410 e. The van der Waals surface area contributed by atoms with Crippen molar-refractivity contribution in [3.8, 4) is 22.8 Å². The molecule has 58 heavy (non-hydrogen) atoms. The second-order valence-corrected chi connectivity index (χ2v) is 16.5. The molecule has 0 spiro atoms. The summed E-state index contributed by atoms with van der Waals surface area (Å²) in [5.41, 5.74) is 9.89. The van der Waals surface area contributed by atoms with Gasteiger partial charge in [-0.2, -0.15) is 0 Å². The number of amides is 3. The van der Waals surface area contributed by atoms with Gasteiger partial charge in [-0.05, 0) is 86.8 Å². The molecule has 0 radical (unpaired) electrons. The van der Waals surface area contributed by atoms with Crippen molar-refractivity contribution in [3.63, 3.8) is 0 Å². The van der Waals surface area contributed by atoms with Gasteiger partial charge in [-0.1, -0.05) is 28.4 Å². The summed E-state index contributed by atoms with van der Waals surface area (Å²) in [6, 6.07) is 12.1. The van der Waals surface area contributed by atoms with Crippen molar-refractivity contribution in [2.24, 2.45) is 17.6 Å². The zero-order valence-electron chi connectivity index (χ0n) is 31.6. The zero-order chi connectivity index (χ0) is 40.7. The molecule has 2 N–H and O–H groups in total. The first-order valence-corrected chi connectivity index (χ1v) is 21.4. The number of piperidine rings is 2. The Morgan fingerprint density at radius 1 is 0.741 bits per heavy atom. The Hall–Kier alpha value is -4.90. The number of thiazole rings is 2. The minimum atomic E-state index is -0.567. The van der Waals surface area contributed by atoms with Gasteiger partial charge in [0.25, 0.3) is 5.91 Å². The van der Waals surface area contributed by atoms with Crippen LogP contribution in [0.4, 0.5) is 9.59 Å². The molecule has 0 aliphatic carbocycles. The quantitative estimate of drug-likeness (QED) is 0.113. The van der Waals surface area contributed by atoms with Gasteiger partial charge in [0, 0.05) is 54.7 Å². The monoisotopic (exact) mass is 870 g/mol. The van der Waals surface area contributed by atoms with Crippen molar-refractivity contribution in [2.75, 3.05) is 39.4 Å². The van der Waals surface area contributed by atoms with E-state index in [0.29, 0.717) is 72.8 Å². The highest BCUT2D eigenvalue weighted by Crippen LogP contribution is 2.33. The molecule has 0 bridgehead atoms. The van der Waals surface area contributed by atoms with Gasteiger partial charge in [0.2, 0.25) is 0 Å². The van der Waals surface area contributed by atoms with E-state index in [2.05, 4.69) is 15.1 Å². The van der Waals surface area contributed by atoms with Crippen LogP contribution in [0, 0.1) is 11.8 Å². The molecule has 0 unspecified atom stereocenters. The van der Waals surface area contributed by atoms with Crippen molar-refractivity contribution in [1.29, 1.82) is 0 Å². The minimum Gasteiger partial charge on any atom is -0.493 e. The summed E-state index contributed by atoms with van der Waals surface area (Å²) in [4.78, 5) is 49.2. The average Bonchev–Trinajstić information content (AvgIpc) is 4.07. The van der Waals surface area contributed by atoms with Crippen molar-refractivity contribution in [1.82, 2.24) is 24.9 Å². The van der Waals surface area contributed by atoms with Gasteiger partial charge < -0.3 is 39.0 Å². The van der Waals surface area contributed by atoms with E-state index in [1.807, 2.05) is 12.1 Å². The van der Waals surface area contributed by atoms with E-state index in [-0.39, 0.29) is 31.0 Å². The van der Waals surface area contributed by atoms with Crippen LogP contribution in [-0.4, -0.2) is 82.4 Å². The highest BCUT2D eigenvalue weighted by Gasteiger charge is 2.25. The molecule has 0 saturated carbocycles. The molecule has 0 atom stereocenters. The third-order valence-electron chi connectivity index (χ3n) is 9.81. The number of nitrogens with two attached hydrogens (primary N) is 1. The molecule has 3 amide bonds. The van der Waals surface area contributed by atoms with Gasteiger partial charge >= 0.3 is 12.2 Å². The van der Waals surface area contributed by atoms with Crippen molar-refractivity contribution in [3.05, 3.63) is 97.4 Å². The number of likely N-dealkylation sites (tertiary alicyclic amines) is 2. The van der Waals surface area contributed by atoms with Crippen molar-refractivity contribution >= 4 is 64.0 Å². The second-order valence-electron chi connectivity index (χ2n) is 13.7. The molecule has 5 heterocycles. The fourth-order valence-electron chi connectivity index (χ4n) is 6.55. The highest BCUT2D eigenvalue weighted by atomic mass is 35.5. The van der Waals surface area contributed by atoms with Gasteiger partial charge in [0.1, 0.15) is 24.7 Å². The van der Waals surface area contributed by atoms with Gasteiger partial charge in [0.05, 0.1) is 51.3 Å². The number of benzene rings is 2. The summed E-state index contributed by atoms with van der Waals surface area (Å²) in [5.74, 6) is 2.19. The minimum absolute atomic E-state index is 0.254. The van der Waals surface area contributed by atoms with E-state index >= 15 is 0 Å². The molecular weight excluding hydrogens is 828 g/mol. The Bertz CT molecular complexity index is 2040. The summed E-state index contributed by atoms with van der Waals surface area (Å²) in [6.45, 7) is 4.35. The smallest absolute Gasteiger partial charge is 0.410 e. The lowest BCUT2D eigenvalue weighted by Crippen LogP contribution is -2.39. The number of hydrogen-bond acceptors (Lipinski definition) is 13. The van der Waals surface area contributed by atoms with E-state index in [1.165, 1.54) is 28.7 Å². The van der Waals surface area contributed by atoms with Crippen LogP contribution in [0.25, 0.3) is 11.3 Å². The number of carbonyl (C=O) groups excluding carboxylic acids is 3. The zero-order valence-corrected chi connectivity index (χ0v) is 34.8. The summed E-state index contributed by atoms with van der Waals surface area (Å²) in [5, 5.41) is 4.81. The van der Waals surface area contributed by atoms with Crippen LogP contribution in [0.2, 0.25) is 10.0 Å². The SMILES string of the molecule is NC(=O)c1cc(Cl)ccc1OCCC1CCN(C(=O)OCc2cncs2)CC1.O=C(OCc1cncs1)N1CCC(CCOc2ccc(Cl)cc2-c2ccno2)CC1. The molecule has 2 saturated heterocycles. The lowest BCUT2D eigenvalue weighted by Gasteiger charge is -2.31. The van der Waals surface area contributed by atoms with Crippen LogP contribution >= 0.6 is 45.9 Å². The number of nitrogens with zero attached hydrogens (tertiary/aromatic N) is 5. The fourth-order valence-corrected chi connectivity index (χ4v) is 7.91. The first-order valence-electron chi connectivity index (χ1n) is 18.9. The Labute approximate surface area is 354 Å². The molecule has 5 aromatic rings. The maximum atomic E-state index is 12.2. The molecule has 7 rings (SSSR count).